The van der Waals surface area contributed by atoms with Crippen LogP contribution in [0.25, 0.3) is 11.1 Å². The Morgan fingerprint density at radius 1 is 0.742 bits per heavy atom. The molecular formula is C23H20F6NO+. The Bertz CT molecular complexity index is 1070. The summed E-state index contributed by atoms with van der Waals surface area (Å²) in [7, 11) is 1.78. The Hall–Kier alpha value is -3.03. The number of hydrogen-bond acceptors (Lipinski definition) is 1. The van der Waals surface area contributed by atoms with Crippen LogP contribution in [0.2, 0.25) is 0 Å². The molecule has 0 saturated carbocycles. The van der Waals surface area contributed by atoms with Crippen molar-refractivity contribution in [1.82, 2.24) is 0 Å². The van der Waals surface area contributed by atoms with Crippen molar-refractivity contribution in [1.29, 1.82) is 0 Å². The van der Waals surface area contributed by atoms with Gasteiger partial charge in [-0.1, -0.05) is 24.3 Å². The van der Waals surface area contributed by atoms with E-state index in [2.05, 4.69) is 4.74 Å². The molecule has 0 saturated heterocycles. The van der Waals surface area contributed by atoms with E-state index in [9.17, 15) is 26.3 Å². The van der Waals surface area contributed by atoms with Gasteiger partial charge in [0, 0.05) is 11.6 Å². The molecule has 0 radical (unpaired) electrons. The first kappa shape index (κ1) is 22.7. The third-order valence-corrected chi connectivity index (χ3v) is 5.11. The largest absolute Gasteiger partial charge is 0.573 e. The predicted molar refractivity (Wildman–Crippen MR) is 103 cm³/mol. The van der Waals surface area contributed by atoms with Crippen molar-refractivity contribution in [2.24, 2.45) is 7.05 Å². The van der Waals surface area contributed by atoms with Gasteiger partial charge in [0.15, 0.2) is 11.9 Å². The number of aryl methyl sites for hydroxylation is 1. The molecule has 0 spiro atoms. The minimum atomic E-state index is -4.78. The van der Waals surface area contributed by atoms with Crippen molar-refractivity contribution in [3.05, 3.63) is 83.7 Å². The fourth-order valence-corrected chi connectivity index (χ4v) is 3.51. The molecule has 2 aromatic carbocycles. The zero-order chi connectivity index (χ0) is 23.0. The number of aromatic nitrogens is 1. The van der Waals surface area contributed by atoms with Gasteiger partial charge in [-0.25, -0.2) is 4.57 Å². The predicted octanol–water partition coefficient (Wildman–Crippen LogP) is 6.42. The Kier molecular flexibility index (Phi) is 5.78. The quantitative estimate of drug-likeness (QED) is 0.337. The van der Waals surface area contributed by atoms with Crippen LogP contribution in [-0.4, -0.2) is 6.36 Å². The van der Waals surface area contributed by atoms with Gasteiger partial charge in [-0.05, 0) is 55.3 Å². The molecule has 1 heterocycles. The molecule has 0 fully saturated rings. The highest BCUT2D eigenvalue weighted by atomic mass is 19.4. The van der Waals surface area contributed by atoms with Gasteiger partial charge in [-0.3, -0.25) is 0 Å². The van der Waals surface area contributed by atoms with Crippen molar-refractivity contribution < 1.29 is 35.6 Å². The van der Waals surface area contributed by atoms with Gasteiger partial charge in [-0.15, -0.1) is 13.2 Å². The van der Waals surface area contributed by atoms with E-state index in [1.165, 1.54) is 30.3 Å². The fourth-order valence-electron chi connectivity index (χ4n) is 3.51. The van der Waals surface area contributed by atoms with Crippen LogP contribution in [0.4, 0.5) is 26.3 Å². The maximum absolute atomic E-state index is 12.8. The lowest BCUT2D eigenvalue weighted by Crippen LogP contribution is -2.41. The van der Waals surface area contributed by atoms with Crippen LogP contribution < -0.4 is 9.30 Å². The number of ether oxygens (including phenoxy) is 1. The third kappa shape index (κ3) is 5.18. The van der Waals surface area contributed by atoms with E-state index in [0.29, 0.717) is 16.7 Å². The number of alkyl halides is 6. The highest BCUT2D eigenvalue weighted by Crippen LogP contribution is 2.34. The molecule has 0 amide bonds. The summed E-state index contributed by atoms with van der Waals surface area (Å²) in [6.07, 6.45) is -7.41. The van der Waals surface area contributed by atoms with Crippen LogP contribution in [-0.2, 0) is 18.6 Å². The molecule has 3 rings (SSSR count). The molecule has 0 aliphatic carbocycles. The Balaban J connectivity index is 1.93. The maximum atomic E-state index is 12.8. The summed E-state index contributed by atoms with van der Waals surface area (Å²) in [6, 6.07) is 14.2. The lowest BCUT2D eigenvalue weighted by atomic mass is 9.80. The van der Waals surface area contributed by atoms with E-state index >= 15 is 0 Å². The minimum absolute atomic E-state index is 0.304. The van der Waals surface area contributed by atoms with E-state index < -0.39 is 23.5 Å². The smallest absolute Gasteiger partial charge is 0.406 e. The normalized spacial score (nSPS) is 12.7. The van der Waals surface area contributed by atoms with E-state index in [1.807, 2.05) is 24.5 Å². The van der Waals surface area contributed by atoms with Gasteiger partial charge in [0.2, 0.25) is 0 Å². The minimum Gasteiger partial charge on any atom is -0.406 e. The summed E-state index contributed by atoms with van der Waals surface area (Å²) in [6.45, 7) is 3.74. The summed E-state index contributed by atoms with van der Waals surface area (Å²) >= 11 is 0. The molecule has 2 nitrogen and oxygen atoms in total. The van der Waals surface area contributed by atoms with Gasteiger partial charge in [0.25, 0.3) is 0 Å². The van der Waals surface area contributed by atoms with E-state index in [4.69, 9.17) is 0 Å². The highest BCUT2D eigenvalue weighted by Gasteiger charge is 2.34. The second-order valence-electron chi connectivity index (χ2n) is 7.69. The highest BCUT2D eigenvalue weighted by molar-refractivity contribution is 5.62. The SMILES string of the molecule is C[n+]1cc(-c2ccc(C(F)(F)F)cc2)ccc1C(C)(C)c1cccc(OC(F)(F)F)c1. The van der Waals surface area contributed by atoms with Crippen LogP contribution in [0.15, 0.2) is 66.9 Å². The molecule has 3 aromatic rings. The molecule has 0 aliphatic rings. The number of nitrogens with zero attached hydrogens (tertiary/aromatic N) is 1. The Labute approximate surface area is 175 Å². The average Bonchev–Trinajstić information content (AvgIpc) is 2.66. The van der Waals surface area contributed by atoms with Crippen LogP contribution in [0.1, 0.15) is 30.7 Å². The van der Waals surface area contributed by atoms with Gasteiger partial charge >= 0.3 is 12.5 Å². The van der Waals surface area contributed by atoms with Crippen molar-refractivity contribution in [3.8, 4) is 16.9 Å². The molecule has 0 N–H and O–H groups in total. The summed E-state index contributed by atoms with van der Waals surface area (Å²) in [5.41, 5.74) is 1.36. The number of pyridine rings is 1. The van der Waals surface area contributed by atoms with Crippen LogP contribution in [0.5, 0.6) is 5.75 Å². The Morgan fingerprint density at radius 3 is 1.90 bits per heavy atom. The first-order valence-corrected chi connectivity index (χ1v) is 9.31. The zero-order valence-corrected chi connectivity index (χ0v) is 17.0. The van der Waals surface area contributed by atoms with Gasteiger partial charge in [0.1, 0.15) is 12.8 Å². The lowest BCUT2D eigenvalue weighted by molar-refractivity contribution is -0.681. The number of benzene rings is 2. The zero-order valence-electron chi connectivity index (χ0n) is 17.0. The summed E-state index contributed by atoms with van der Waals surface area (Å²) in [4.78, 5) is 0. The van der Waals surface area contributed by atoms with Crippen LogP contribution in [0, 0.1) is 0 Å². The first-order chi connectivity index (χ1) is 14.3. The molecule has 0 aliphatic heterocycles. The van der Waals surface area contributed by atoms with E-state index in [-0.39, 0.29) is 5.75 Å². The number of halogens is 6. The molecule has 0 bridgehead atoms. The van der Waals surface area contributed by atoms with Gasteiger partial charge in [0.05, 0.1) is 11.0 Å². The van der Waals surface area contributed by atoms with Crippen LogP contribution in [0.3, 0.4) is 0 Å². The van der Waals surface area contributed by atoms with Crippen LogP contribution >= 0.6 is 0 Å². The average molecular weight is 440 g/mol. The van der Waals surface area contributed by atoms with Gasteiger partial charge < -0.3 is 4.74 Å². The standard InChI is InChI=1S/C23H20F6NO/c1-21(2,18-5-4-6-19(13-18)31-23(27,28)29)20-12-9-16(14-30(20)3)15-7-10-17(11-8-15)22(24,25)26/h4-14H,1-3H3/q+1. The molecule has 31 heavy (non-hydrogen) atoms. The molecule has 0 unspecified atom stereocenters. The molecule has 1 aromatic heterocycles. The topological polar surface area (TPSA) is 13.1 Å². The number of hydrogen-bond donors (Lipinski definition) is 0. The second kappa shape index (κ2) is 7.90. The summed E-state index contributed by atoms with van der Waals surface area (Å²) in [5.74, 6) is -0.304. The summed E-state index contributed by atoms with van der Waals surface area (Å²) < 4.78 is 81.9. The Morgan fingerprint density at radius 2 is 1.35 bits per heavy atom. The lowest BCUT2D eigenvalue weighted by Gasteiger charge is -2.23. The monoisotopic (exact) mass is 440 g/mol. The van der Waals surface area contributed by atoms with Crippen molar-refractivity contribution in [3.63, 3.8) is 0 Å². The molecule has 8 heteroatoms. The van der Waals surface area contributed by atoms with Crippen molar-refractivity contribution in [2.75, 3.05) is 0 Å². The second-order valence-corrected chi connectivity index (χ2v) is 7.69. The molecule has 0 atom stereocenters. The fraction of sp³-hybridized carbons (Fsp3) is 0.261. The van der Waals surface area contributed by atoms with Crippen molar-refractivity contribution >= 4 is 0 Å². The van der Waals surface area contributed by atoms with E-state index in [0.717, 1.165) is 17.8 Å². The summed E-state index contributed by atoms with van der Waals surface area (Å²) in [5, 5.41) is 0. The first-order valence-electron chi connectivity index (χ1n) is 9.31. The van der Waals surface area contributed by atoms with Crippen molar-refractivity contribution in [2.45, 2.75) is 31.8 Å². The number of rotatable bonds is 4. The van der Waals surface area contributed by atoms with Gasteiger partial charge in [-0.2, -0.15) is 13.2 Å². The molecular weight excluding hydrogens is 420 g/mol. The van der Waals surface area contributed by atoms with E-state index in [1.54, 1.807) is 25.4 Å². The third-order valence-electron chi connectivity index (χ3n) is 5.11. The maximum Gasteiger partial charge on any atom is 0.573 e. The molecule has 164 valence electrons.